The molecule has 0 spiro atoms. The number of hydrogen-bond acceptors (Lipinski definition) is 2. The molecule has 0 aromatic carbocycles. The molecule has 1 aromatic rings. The second kappa shape index (κ2) is 3.77. The van der Waals surface area contributed by atoms with Crippen LogP contribution in [0.15, 0.2) is 12.3 Å². The molecular weight excluding hydrogens is 198 g/mol. The van der Waals surface area contributed by atoms with Crippen LogP contribution in [-0.2, 0) is 0 Å². The lowest BCUT2D eigenvalue weighted by Gasteiger charge is -2.11. The molecule has 14 heavy (non-hydrogen) atoms. The summed E-state index contributed by atoms with van der Waals surface area (Å²) in [6.45, 7) is 4.16. The SMILES string of the molecule is CC(C)c1nccc(OC2CC2)c1Cl. The average Bonchev–Trinajstić information content (AvgIpc) is 2.92. The number of rotatable bonds is 3. The first-order valence-corrected chi connectivity index (χ1v) is 5.37. The third kappa shape index (κ3) is 2.01. The Balaban J connectivity index is 2.25. The van der Waals surface area contributed by atoms with Crippen LogP contribution in [0.2, 0.25) is 5.02 Å². The first-order chi connectivity index (χ1) is 6.68. The molecular formula is C11H14ClNO. The van der Waals surface area contributed by atoms with Crippen LogP contribution in [0.5, 0.6) is 5.75 Å². The lowest BCUT2D eigenvalue weighted by Crippen LogP contribution is -2.00. The standard InChI is InChI=1S/C11H14ClNO/c1-7(2)11-10(12)9(5-6-13-11)14-8-3-4-8/h5-8H,3-4H2,1-2H3. The maximum atomic E-state index is 6.19. The van der Waals surface area contributed by atoms with Crippen molar-refractivity contribution in [3.05, 3.63) is 23.0 Å². The van der Waals surface area contributed by atoms with E-state index in [2.05, 4.69) is 18.8 Å². The minimum absolute atomic E-state index is 0.338. The van der Waals surface area contributed by atoms with Crippen LogP contribution in [0, 0.1) is 0 Å². The second-order valence-corrected chi connectivity index (χ2v) is 4.36. The number of ether oxygens (including phenoxy) is 1. The third-order valence-electron chi connectivity index (χ3n) is 2.25. The van der Waals surface area contributed by atoms with Gasteiger partial charge in [0, 0.05) is 12.3 Å². The quantitative estimate of drug-likeness (QED) is 0.765. The zero-order valence-corrected chi connectivity index (χ0v) is 9.21. The average molecular weight is 212 g/mol. The Labute approximate surface area is 89.3 Å². The van der Waals surface area contributed by atoms with Gasteiger partial charge < -0.3 is 4.74 Å². The van der Waals surface area contributed by atoms with Crippen LogP contribution in [0.3, 0.4) is 0 Å². The summed E-state index contributed by atoms with van der Waals surface area (Å²) in [6.07, 6.45) is 4.44. The highest BCUT2D eigenvalue weighted by Crippen LogP contribution is 2.35. The molecule has 0 N–H and O–H groups in total. The molecule has 3 heteroatoms. The summed E-state index contributed by atoms with van der Waals surface area (Å²) < 4.78 is 5.67. The normalized spacial score (nSPS) is 16.0. The van der Waals surface area contributed by atoms with Crippen molar-refractivity contribution in [2.45, 2.75) is 38.7 Å². The maximum Gasteiger partial charge on any atom is 0.141 e. The number of hydrogen-bond donors (Lipinski definition) is 0. The first-order valence-electron chi connectivity index (χ1n) is 4.99. The van der Waals surface area contributed by atoms with Crippen molar-refractivity contribution < 1.29 is 4.74 Å². The van der Waals surface area contributed by atoms with E-state index in [1.165, 1.54) is 0 Å². The third-order valence-corrected chi connectivity index (χ3v) is 2.63. The lowest BCUT2D eigenvalue weighted by molar-refractivity contribution is 0.302. The number of halogens is 1. The van der Waals surface area contributed by atoms with Crippen molar-refractivity contribution in [3.63, 3.8) is 0 Å². The van der Waals surface area contributed by atoms with Crippen molar-refractivity contribution in [2.24, 2.45) is 0 Å². The molecule has 0 unspecified atom stereocenters. The van der Waals surface area contributed by atoms with E-state index in [9.17, 15) is 0 Å². The van der Waals surface area contributed by atoms with Gasteiger partial charge in [-0.25, -0.2) is 0 Å². The van der Waals surface area contributed by atoms with E-state index in [4.69, 9.17) is 16.3 Å². The van der Waals surface area contributed by atoms with Gasteiger partial charge in [0.2, 0.25) is 0 Å². The summed E-state index contributed by atoms with van der Waals surface area (Å²) in [5, 5.41) is 0.675. The summed E-state index contributed by atoms with van der Waals surface area (Å²) in [4.78, 5) is 4.25. The fraction of sp³-hybridized carbons (Fsp3) is 0.545. The molecule has 1 aliphatic carbocycles. The van der Waals surface area contributed by atoms with Gasteiger partial charge in [0.05, 0.1) is 11.8 Å². The molecule has 76 valence electrons. The number of nitrogens with zero attached hydrogens (tertiary/aromatic N) is 1. The topological polar surface area (TPSA) is 22.1 Å². The fourth-order valence-electron chi connectivity index (χ4n) is 1.30. The van der Waals surface area contributed by atoms with Crippen LogP contribution >= 0.6 is 11.6 Å². The summed E-state index contributed by atoms with van der Waals surface area (Å²) in [7, 11) is 0. The molecule has 1 fully saturated rings. The van der Waals surface area contributed by atoms with Crippen LogP contribution in [-0.4, -0.2) is 11.1 Å². The Bertz CT molecular complexity index is 334. The molecule has 2 rings (SSSR count). The van der Waals surface area contributed by atoms with E-state index in [0.717, 1.165) is 24.3 Å². The lowest BCUT2D eigenvalue weighted by atomic mass is 10.1. The summed E-state index contributed by atoms with van der Waals surface area (Å²) in [5.41, 5.74) is 0.921. The van der Waals surface area contributed by atoms with Crippen LogP contribution < -0.4 is 4.74 Å². The van der Waals surface area contributed by atoms with Crippen molar-refractivity contribution in [3.8, 4) is 5.75 Å². The van der Waals surface area contributed by atoms with Gasteiger partial charge in [0.15, 0.2) is 0 Å². The highest BCUT2D eigenvalue weighted by atomic mass is 35.5. The minimum atomic E-state index is 0.338. The van der Waals surface area contributed by atoms with Crippen LogP contribution in [0.1, 0.15) is 38.3 Å². The molecule has 0 atom stereocenters. The zero-order valence-electron chi connectivity index (χ0n) is 8.46. The monoisotopic (exact) mass is 211 g/mol. The Hall–Kier alpha value is -0.760. The number of aromatic nitrogens is 1. The van der Waals surface area contributed by atoms with Crippen molar-refractivity contribution in [2.75, 3.05) is 0 Å². The van der Waals surface area contributed by atoms with Crippen molar-refractivity contribution in [1.82, 2.24) is 4.98 Å². The van der Waals surface area contributed by atoms with E-state index in [0.29, 0.717) is 17.0 Å². The molecule has 1 saturated carbocycles. The highest BCUT2D eigenvalue weighted by molar-refractivity contribution is 6.32. The molecule has 0 aliphatic heterocycles. The molecule has 0 radical (unpaired) electrons. The molecule has 1 aliphatic rings. The molecule has 0 amide bonds. The van der Waals surface area contributed by atoms with Crippen molar-refractivity contribution in [1.29, 1.82) is 0 Å². The molecule has 1 aromatic heterocycles. The molecule has 1 heterocycles. The van der Waals surface area contributed by atoms with E-state index in [-0.39, 0.29) is 0 Å². The first kappa shape index (κ1) is 9.78. The predicted octanol–water partition coefficient (Wildman–Crippen LogP) is 3.40. The van der Waals surface area contributed by atoms with Crippen LogP contribution in [0.25, 0.3) is 0 Å². The van der Waals surface area contributed by atoms with Gasteiger partial charge in [-0.2, -0.15) is 0 Å². The summed E-state index contributed by atoms with van der Waals surface area (Å²) >= 11 is 6.19. The van der Waals surface area contributed by atoms with Gasteiger partial charge in [0.25, 0.3) is 0 Å². The summed E-state index contributed by atoms with van der Waals surface area (Å²) in [5.74, 6) is 1.12. The Morgan fingerprint density at radius 2 is 2.21 bits per heavy atom. The maximum absolute atomic E-state index is 6.19. The van der Waals surface area contributed by atoms with E-state index >= 15 is 0 Å². The van der Waals surface area contributed by atoms with Gasteiger partial charge in [-0.3, -0.25) is 4.98 Å². The number of pyridine rings is 1. The minimum Gasteiger partial charge on any atom is -0.489 e. The Kier molecular flexibility index (Phi) is 2.64. The van der Waals surface area contributed by atoms with Gasteiger partial charge in [-0.15, -0.1) is 0 Å². The predicted molar refractivity (Wildman–Crippen MR) is 57.0 cm³/mol. The van der Waals surface area contributed by atoms with Gasteiger partial charge in [0.1, 0.15) is 10.8 Å². The van der Waals surface area contributed by atoms with Crippen molar-refractivity contribution >= 4 is 11.6 Å². The fourth-order valence-corrected chi connectivity index (χ4v) is 1.67. The zero-order chi connectivity index (χ0) is 10.1. The van der Waals surface area contributed by atoms with E-state index < -0.39 is 0 Å². The second-order valence-electron chi connectivity index (χ2n) is 3.98. The van der Waals surface area contributed by atoms with E-state index in [1.54, 1.807) is 6.20 Å². The highest BCUT2D eigenvalue weighted by Gasteiger charge is 2.25. The molecule has 0 saturated heterocycles. The van der Waals surface area contributed by atoms with Gasteiger partial charge in [-0.05, 0) is 18.8 Å². The Morgan fingerprint density at radius 3 is 2.79 bits per heavy atom. The largest absolute Gasteiger partial charge is 0.489 e. The smallest absolute Gasteiger partial charge is 0.141 e. The molecule has 2 nitrogen and oxygen atoms in total. The van der Waals surface area contributed by atoms with Gasteiger partial charge in [-0.1, -0.05) is 25.4 Å². The van der Waals surface area contributed by atoms with Gasteiger partial charge >= 0.3 is 0 Å². The van der Waals surface area contributed by atoms with Crippen LogP contribution in [0.4, 0.5) is 0 Å². The summed E-state index contributed by atoms with van der Waals surface area (Å²) in [6, 6.07) is 1.84. The van der Waals surface area contributed by atoms with E-state index in [1.807, 2.05) is 6.07 Å². The molecule has 0 bridgehead atoms. The Morgan fingerprint density at radius 1 is 1.50 bits per heavy atom.